The molecule has 0 aliphatic carbocycles. The zero-order valence-corrected chi connectivity index (χ0v) is 16.2. The maximum atomic E-state index is 13.3. The first-order chi connectivity index (χ1) is 12.6. The minimum Gasteiger partial charge on any atom is -0.743 e. The molecule has 0 fully saturated rings. The van der Waals surface area contributed by atoms with Gasteiger partial charge in [-0.05, 0) is 0 Å². The van der Waals surface area contributed by atoms with Crippen molar-refractivity contribution in [1.29, 1.82) is 0 Å². The molecule has 0 aliphatic rings. The molecule has 0 saturated heterocycles. The number of hydrogen-bond acceptors (Lipinski definition) is 6. The fourth-order valence-electron chi connectivity index (χ4n) is 1.30. The number of benzene rings is 1. The molecule has 30 heavy (non-hydrogen) atoms. The first kappa shape index (κ1) is 28.9. The van der Waals surface area contributed by atoms with Crippen LogP contribution in [-0.2, 0) is 14.9 Å². The van der Waals surface area contributed by atoms with Crippen molar-refractivity contribution in [3.63, 3.8) is 0 Å². The maximum absolute atomic E-state index is 13.3. The van der Waals surface area contributed by atoms with E-state index in [4.69, 9.17) is 5.11 Å². The summed E-state index contributed by atoms with van der Waals surface area (Å²) in [4.78, 5) is 0. The number of alkyl halides is 8. The van der Waals surface area contributed by atoms with E-state index in [-0.39, 0.29) is 29.6 Å². The van der Waals surface area contributed by atoms with Crippen LogP contribution in [0.25, 0.3) is 0 Å². The summed E-state index contributed by atoms with van der Waals surface area (Å²) >= 11 is 0. The van der Waals surface area contributed by atoms with Gasteiger partial charge in [0.15, 0.2) is 15.9 Å². The van der Waals surface area contributed by atoms with Gasteiger partial charge in [0.2, 0.25) is 29.0 Å². The molecule has 168 valence electrons. The van der Waals surface area contributed by atoms with Gasteiger partial charge in [-0.2, -0.15) is 52.7 Å². The van der Waals surface area contributed by atoms with Crippen LogP contribution < -0.4 is 34.3 Å². The van der Waals surface area contributed by atoms with Crippen molar-refractivity contribution in [1.82, 2.24) is 0 Å². The summed E-state index contributed by atoms with van der Waals surface area (Å²) in [5, 5.41) is 1.49. The molecular weight excluding hydrogens is 499 g/mol. The second-order valence-electron chi connectivity index (χ2n) is 4.66. The van der Waals surface area contributed by atoms with Crippen LogP contribution in [-0.4, -0.2) is 41.7 Å². The van der Waals surface area contributed by atoms with Crippen molar-refractivity contribution in [3.05, 3.63) is 23.3 Å². The Morgan fingerprint density at radius 1 is 0.733 bits per heavy atom. The summed E-state index contributed by atoms with van der Waals surface area (Å²) in [6, 6.07) is 0. The van der Waals surface area contributed by atoms with Crippen LogP contribution in [0, 0.1) is 23.3 Å². The van der Waals surface area contributed by atoms with Crippen molar-refractivity contribution >= 4 is 10.1 Å². The van der Waals surface area contributed by atoms with Crippen molar-refractivity contribution in [3.8, 4) is 11.5 Å². The van der Waals surface area contributed by atoms with Gasteiger partial charge in [0, 0.05) is 0 Å². The van der Waals surface area contributed by atoms with Crippen molar-refractivity contribution in [2.45, 2.75) is 23.6 Å². The molecule has 1 aromatic rings. The van der Waals surface area contributed by atoms with Crippen LogP contribution in [0.15, 0.2) is 0 Å². The second kappa shape index (κ2) is 8.41. The van der Waals surface area contributed by atoms with Crippen molar-refractivity contribution < 1.29 is 110 Å². The van der Waals surface area contributed by atoms with Gasteiger partial charge in [0.1, 0.15) is 0 Å². The van der Waals surface area contributed by atoms with E-state index >= 15 is 0 Å². The summed E-state index contributed by atoms with van der Waals surface area (Å²) in [5.41, 5.74) is 0. The maximum Gasteiger partial charge on any atom is 1.00 e. The number of ether oxygens (including phenoxy) is 2. The van der Waals surface area contributed by atoms with Gasteiger partial charge in [0.25, 0.3) is 0 Å². The Balaban J connectivity index is 0.00000841. The Hall–Kier alpha value is -1.15. The largest absolute Gasteiger partial charge is 1.00 e. The number of phenols is 1. The molecule has 0 spiro atoms. The summed E-state index contributed by atoms with van der Waals surface area (Å²) in [6.45, 7) is 0. The van der Waals surface area contributed by atoms with Gasteiger partial charge >= 0.3 is 53.1 Å². The predicted octanol–water partition coefficient (Wildman–Crippen LogP) is 0.264. The third-order valence-corrected chi connectivity index (χ3v) is 3.54. The summed E-state index contributed by atoms with van der Waals surface area (Å²) in [6.07, 6.45) is -21.1. The van der Waals surface area contributed by atoms with Gasteiger partial charge in [-0.25, -0.2) is 13.2 Å². The summed E-state index contributed by atoms with van der Waals surface area (Å²) in [7, 11) is -7.49. The van der Waals surface area contributed by atoms with Gasteiger partial charge in [-0.15, -0.1) is 0 Å². The molecule has 1 N–H and O–H groups in total. The molecule has 0 unspecified atom stereocenters. The van der Waals surface area contributed by atoms with Crippen molar-refractivity contribution in [2.24, 2.45) is 0 Å². The van der Waals surface area contributed by atoms with E-state index in [2.05, 4.69) is 4.74 Å². The number of aromatic hydroxyl groups is 1. The molecule has 1 aromatic carbocycles. The predicted molar refractivity (Wildman–Crippen MR) is 59.1 cm³/mol. The number of phenolic OH excluding ortho intramolecular Hbond substituents is 1. The monoisotopic (exact) mass is 500 g/mol. The Morgan fingerprint density at radius 3 is 1.43 bits per heavy atom. The van der Waals surface area contributed by atoms with Gasteiger partial charge in [-0.3, -0.25) is 0 Å². The third-order valence-electron chi connectivity index (χ3n) is 2.68. The van der Waals surface area contributed by atoms with E-state index in [1.807, 2.05) is 0 Å². The minimum absolute atomic E-state index is 0. The zero-order valence-electron chi connectivity index (χ0n) is 13.4. The standard InChI is InChI=1S/C10H2F12O6S.Na/c11-1-3(13)6(4(14)2(12)5(1)23)27-7(15,16)8(17,18)28-9(19,20)10(21,22)29(24,25)26;/h23H,(H,24,25,26);/q;+1/p-1. The minimum atomic E-state index is -7.49. The van der Waals surface area contributed by atoms with E-state index in [0.717, 1.165) is 0 Å². The van der Waals surface area contributed by atoms with Gasteiger partial charge < -0.3 is 14.4 Å². The van der Waals surface area contributed by atoms with E-state index in [9.17, 15) is 65.7 Å². The molecule has 0 atom stereocenters. The van der Waals surface area contributed by atoms with E-state index in [1.165, 1.54) is 0 Å². The van der Waals surface area contributed by atoms with E-state index in [0.29, 0.717) is 0 Å². The fourth-order valence-corrected chi connectivity index (χ4v) is 1.64. The Morgan fingerprint density at radius 2 is 1.10 bits per heavy atom. The third kappa shape index (κ3) is 4.85. The summed E-state index contributed by atoms with van der Waals surface area (Å²) < 4.78 is 191. The molecule has 1 rings (SSSR count). The normalized spacial score (nSPS) is 13.8. The molecule has 20 heteroatoms. The molecule has 6 nitrogen and oxygen atoms in total. The Labute approximate surface area is 178 Å². The van der Waals surface area contributed by atoms with Crippen molar-refractivity contribution in [2.75, 3.05) is 0 Å². The Bertz CT molecular complexity index is 892. The van der Waals surface area contributed by atoms with Crippen LogP contribution in [0.5, 0.6) is 11.5 Å². The first-order valence-electron chi connectivity index (χ1n) is 6.01. The summed E-state index contributed by atoms with van der Waals surface area (Å²) in [5.74, 6) is -17.5. The van der Waals surface area contributed by atoms with Crippen LogP contribution >= 0.6 is 0 Å². The van der Waals surface area contributed by atoms with E-state index in [1.54, 1.807) is 4.74 Å². The van der Waals surface area contributed by atoms with Crippen LogP contribution in [0.3, 0.4) is 0 Å². The quantitative estimate of drug-likeness (QED) is 0.250. The second-order valence-corrected chi connectivity index (χ2v) is 6.08. The van der Waals surface area contributed by atoms with Gasteiger partial charge in [0.05, 0.1) is 0 Å². The Kier molecular flexibility index (Phi) is 8.09. The molecule has 0 heterocycles. The molecule has 0 aromatic heterocycles. The van der Waals surface area contributed by atoms with E-state index < -0.39 is 68.5 Å². The smallest absolute Gasteiger partial charge is 0.743 e. The van der Waals surface area contributed by atoms with Crippen LogP contribution in [0.2, 0.25) is 0 Å². The molecule has 0 amide bonds. The molecular formula is C10HF12NaO6S. The van der Waals surface area contributed by atoms with Crippen LogP contribution in [0.4, 0.5) is 52.7 Å². The fraction of sp³-hybridized carbons (Fsp3) is 0.400. The number of halogens is 12. The number of rotatable bonds is 7. The van der Waals surface area contributed by atoms with Crippen LogP contribution in [0.1, 0.15) is 0 Å². The molecule has 0 saturated carbocycles. The average molecular weight is 500 g/mol. The first-order valence-corrected chi connectivity index (χ1v) is 7.42. The molecule has 0 bridgehead atoms. The average Bonchev–Trinajstić information content (AvgIpc) is 2.52. The SMILES string of the molecule is O=S(=O)([O-])C(F)(F)C(F)(F)OC(F)(F)C(F)(F)Oc1c(F)c(F)c(O)c(F)c1F.[Na+]. The van der Waals surface area contributed by atoms with Gasteiger partial charge in [-0.1, -0.05) is 0 Å². The number of hydrogen-bond donors (Lipinski definition) is 1. The molecule has 0 aliphatic heterocycles. The zero-order chi connectivity index (χ0) is 23.4. The topological polar surface area (TPSA) is 95.9 Å². The molecule has 0 radical (unpaired) electrons.